The van der Waals surface area contributed by atoms with E-state index in [1.54, 1.807) is 12.1 Å². The SMILES string of the molecule is CCC(=O)c1ccc(C)c(CO)c1. The Balaban J connectivity index is 3.06. The standard InChI is InChI=1S/C11H14O2/c1-3-11(13)9-5-4-8(2)10(6-9)7-12/h4-6,12H,3,7H2,1-2H3. The number of hydrogen-bond donors (Lipinski definition) is 1. The number of aliphatic hydroxyl groups is 1. The van der Waals surface area contributed by atoms with E-state index >= 15 is 0 Å². The van der Waals surface area contributed by atoms with Crippen LogP contribution in [0.25, 0.3) is 0 Å². The molecule has 0 fully saturated rings. The van der Waals surface area contributed by atoms with Crippen molar-refractivity contribution >= 4 is 5.78 Å². The van der Waals surface area contributed by atoms with Gasteiger partial charge in [0.05, 0.1) is 6.61 Å². The van der Waals surface area contributed by atoms with Gasteiger partial charge in [-0.2, -0.15) is 0 Å². The smallest absolute Gasteiger partial charge is 0.162 e. The van der Waals surface area contributed by atoms with Crippen LogP contribution in [0.15, 0.2) is 18.2 Å². The van der Waals surface area contributed by atoms with E-state index in [0.717, 1.165) is 11.1 Å². The molecule has 0 amide bonds. The Labute approximate surface area is 78.2 Å². The van der Waals surface area contributed by atoms with Crippen LogP contribution in [0.1, 0.15) is 34.8 Å². The fourth-order valence-corrected chi connectivity index (χ4v) is 1.22. The molecule has 0 spiro atoms. The fourth-order valence-electron chi connectivity index (χ4n) is 1.22. The van der Waals surface area contributed by atoms with Crippen molar-refractivity contribution in [3.8, 4) is 0 Å². The van der Waals surface area contributed by atoms with Gasteiger partial charge in [0.25, 0.3) is 0 Å². The molecule has 0 unspecified atom stereocenters. The van der Waals surface area contributed by atoms with Crippen LogP contribution in [-0.2, 0) is 6.61 Å². The van der Waals surface area contributed by atoms with Crippen molar-refractivity contribution in [1.82, 2.24) is 0 Å². The first-order valence-corrected chi connectivity index (χ1v) is 4.42. The molecule has 1 aromatic rings. The largest absolute Gasteiger partial charge is 0.392 e. The number of Topliss-reactive ketones (excluding diaryl/α,β-unsaturated/α-hetero) is 1. The number of carbonyl (C=O) groups excluding carboxylic acids is 1. The van der Waals surface area contributed by atoms with E-state index in [1.165, 1.54) is 0 Å². The maximum Gasteiger partial charge on any atom is 0.162 e. The molecule has 2 heteroatoms. The molecule has 2 nitrogen and oxygen atoms in total. The molecule has 70 valence electrons. The normalized spacial score (nSPS) is 10.1. The van der Waals surface area contributed by atoms with Crippen molar-refractivity contribution < 1.29 is 9.90 Å². The topological polar surface area (TPSA) is 37.3 Å². The molecule has 0 radical (unpaired) electrons. The molecule has 0 bridgehead atoms. The zero-order chi connectivity index (χ0) is 9.84. The zero-order valence-electron chi connectivity index (χ0n) is 8.00. The van der Waals surface area contributed by atoms with Crippen molar-refractivity contribution in [3.05, 3.63) is 34.9 Å². The fraction of sp³-hybridized carbons (Fsp3) is 0.364. The van der Waals surface area contributed by atoms with Crippen LogP contribution in [0.4, 0.5) is 0 Å². The summed E-state index contributed by atoms with van der Waals surface area (Å²) in [6, 6.07) is 5.44. The minimum atomic E-state index is -0.00331. The van der Waals surface area contributed by atoms with E-state index < -0.39 is 0 Å². The minimum Gasteiger partial charge on any atom is -0.392 e. The summed E-state index contributed by atoms with van der Waals surface area (Å²) in [5, 5.41) is 8.99. The first kappa shape index (κ1) is 9.93. The lowest BCUT2D eigenvalue weighted by molar-refractivity contribution is 0.0988. The maximum absolute atomic E-state index is 11.3. The summed E-state index contributed by atoms with van der Waals surface area (Å²) in [6.45, 7) is 3.75. The van der Waals surface area contributed by atoms with Gasteiger partial charge in [0.15, 0.2) is 5.78 Å². The molecular formula is C11H14O2. The van der Waals surface area contributed by atoms with Gasteiger partial charge < -0.3 is 5.11 Å². The van der Waals surface area contributed by atoms with Gasteiger partial charge in [-0.25, -0.2) is 0 Å². The third kappa shape index (κ3) is 2.16. The first-order chi connectivity index (χ1) is 6.19. The van der Waals surface area contributed by atoms with Crippen molar-refractivity contribution in [2.24, 2.45) is 0 Å². The molecule has 1 N–H and O–H groups in total. The van der Waals surface area contributed by atoms with Gasteiger partial charge in [-0.1, -0.05) is 19.1 Å². The maximum atomic E-state index is 11.3. The quantitative estimate of drug-likeness (QED) is 0.719. The van der Waals surface area contributed by atoms with E-state index in [-0.39, 0.29) is 12.4 Å². The molecule has 0 aliphatic carbocycles. The van der Waals surface area contributed by atoms with Gasteiger partial charge in [0.2, 0.25) is 0 Å². The van der Waals surface area contributed by atoms with Crippen LogP contribution in [0.3, 0.4) is 0 Å². The molecular weight excluding hydrogens is 164 g/mol. The lowest BCUT2D eigenvalue weighted by Crippen LogP contribution is -1.99. The van der Waals surface area contributed by atoms with Crippen molar-refractivity contribution in [3.63, 3.8) is 0 Å². The highest BCUT2D eigenvalue weighted by molar-refractivity contribution is 5.96. The van der Waals surface area contributed by atoms with Crippen LogP contribution < -0.4 is 0 Å². The number of aliphatic hydroxyl groups excluding tert-OH is 1. The Bertz CT molecular complexity index is 316. The molecule has 0 aliphatic rings. The summed E-state index contributed by atoms with van der Waals surface area (Å²) in [5.41, 5.74) is 2.55. The average molecular weight is 178 g/mol. The number of benzene rings is 1. The van der Waals surface area contributed by atoms with Gasteiger partial charge in [-0.05, 0) is 24.1 Å². The van der Waals surface area contributed by atoms with Gasteiger partial charge in [-0.15, -0.1) is 0 Å². The number of rotatable bonds is 3. The molecule has 0 atom stereocenters. The molecule has 0 aromatic heterocycles. The van der Waals surface area contributed by atoms with E-state index in [0.29, 0.717) is 12.0 Å². The lowest BCUT2D eigenvalue weighted by atomic mass is 10.0. The highest BCUT2D eigenvalue weighted by Crippen LogP contribution is 2.12. The first-order valence-electron chi connectivity index (χ1n) is 4.42. The highest BCUT2D eigenvalue weighted by atomic mass is 16.3. The van der Waals surface area contributed by atoms with Crippen molar-refractivity contribution in [2.45, 2.75) is 26.9 Å². The molecule has 1 aromatic carbocycles. The zero-order valence-corrected chi connectivity index (χ0v) is 8.00. The second kappa shape index (κ2) is 4.19. The molecule has 0 saturated heterocycles. The average Bonchev–Trinajstić information content (AvgIpc) is 2.17. The van der Waals surface area contributed by atoms with Crippen LogP contribution in [0.2, 0.25) is 0 Å². The van der Waals surface area contributed by atoms with Gasteiger partial charge in [0.1, 0.15) is 0 Å². The predicted octanol–water partition coefficient (Wildman–Crippen LogP) is 2.08. The molecule has 0 saturated carbocycles. The van der Waals surface area contributed by atoms with E-state index in [9.17, 15) is 4.79 Å². The monoisotopic (exact) mass is 178 g/mol. The Morgan fingerprint density at radius 1 is 1.46 bits per heavy atom. The summed E-state index contributed by atoms with van der Waals surface area (Å²) in [7, 11) is 0. The molecule has 0 heterocycles. The Morgan fingerprint density at radius 2 is 2.15 bits per heavy atom. The van der Waals surface area contributed by atoms with Crippen LogP contribution in [0.5, 0.6) is 0 Å². The second-order valence-corrected chi connectivity index (χ2v) is 3.08. The predicted molar refractivity (Wildman–Crippen MR) is 51.7 cm³/mol. The summed E-state index contributed by atoms with van der Waals surface area (Å²) in [6.07, 6.45) is 0.508. The van der Waals surface area contributed by atoms with Gasteiger partial charge in [-0.3, -0.25) is 4.79 Å². The van der Waals surface area contributed by atoms with E-state index in [1.807, 2.05) is 19.9 Å². The second-order valence-electron chi connectivity index (χ2n) is 3.08. The number of hydrogen-bond acceptors (Lipinski definition) is 2. The highest BCUT2D eigenvalue weighted by Gasteiger charge is 2.04. The van der Waals surface area contributed by atoms with Crippen LogP contribution in [0, 0.1) is 6.92 Å². The third-order valence-corrected chi connectivity index (χ3v) is 2.16. The molecule has 13 heavy (non-hydrogen) atoms. The molecule has 1 rings (SSSR count). The Morgan fingerprint density at radius 3 is 2.69 bits per heavy atom. The van der Waals surface area contributed by atoms with Gasteiger partial charge >= 0.3 is 0 Å². The van der Waals surface area contributed by atoms with E-state index in [4.69, 9.17) is 5.11 Å². The van der Waals surface area contributed by atoms with Gasteiger partial charge in [0, 0.05) is 12.0 Å². The van der Waals surface area contributed by atoms with Crippen molar-refractivity contribution in [2.75, 3.05) is 0 Å². The number of ketones is 1. The Hall–Kier alpha value is -1.15. The summed E-state index contributed by atoms with van der Waals surface area (Å²) >= 11 is 0. The Kier molecular flexibility index (Phi) is 3.20. The third-order valence-electron chi connectivity index (χ3n) is 2.16. The summed E-state index contributed by atoms with van der Waals surface area (Å²) in [5.74, 6) is 0.120. The van der Waals surface area contributed by atoms with Crippen molar-refractivity contribution in [1.29, 1.82) is 0 Å². The number of aryl methyl sites for hydroxylation is 1. The number of carbonyl (C=O) groups is 1. The summed E-state index contributed by atoms with van der Waals surface area (Å²) in [4.78, 5) is 11.3. The van der Waals surface area contributed by atoms with Crippen LogP contribution >= 0.6 is 0 Å². The van der Waals surface area contributed by atoms with E-state index in [2.05, 4.69) is 0 Å². The van der Waals surface area contributed by atoms with Crippen LogP contribution in [-0.4, -0.2) is 10.9 Å². The summed E-state index contributed by atoms with van der Waals surface area (Å²) < 4.78 is 0. The minimum absolute atomic E-state index is 0.00331. The lowest BCUT2D eigenvalue weighted by Gasteiger charge is -2.04. The molecule has 0 aliphatic heterocycles.